The van der Waals surface area contributed by atoms with Gasteiger partial charge in [-0.1, -0.05) is 0 Å². The molecule has 1 aliphatic rings. The largest absolute Gasteiger partial charge is 0.469 e. The summed E-state index contributed by atoms with van der Waals surface area (Å²) < 4.78 is 5.27. The Kier molecular flexibility index (Phi) is 2.15. The Hall–Kier alpha value is -1.91. The molecule has 1 aromatic heterocycles. The van der Waals surface area contributed by atoms with Crippen LogP contribution in [-0.4, -0.2) is 29.8 Å². The normalized spacial score (nSPS) is 19.5. The first kappa shape index (κ1) is 9.64. The van der Waals surface area contributed by atoms with Gasteiger partial charge in [0.05, 0.1) is 0 Å². The second-order valence-electron chi connectivity index (χ2n) is 3.33. The number of hydrogen-bond donors (Lipinski definition) is 0. The fraction of sp³-hybridized carbons (Fsp3) is 0.300. The molecule has 1 aromatic rings. The smallest absolute Gasteiger partial charge is 0.276 e. The van der Waals surface area contributed by atoms with Gasteiger partial charge in [0, 0.05) is 13.2 Å². The molecule has 1 amide bonds. The maximum absolute atomic E-state index is 11.7. The molecule has 1 atom stereocenters. The van der Waals surface area contributed by atoms with Crippen LogP contribution >= 0.6 is 0 Å². The minimum atomic E-state index is -1.04. The number of fused-ring (bicyclic) bond motifs is 1. The number of anilines is 1. The summed E-state index contributed by atoms with van der Waals surface area (Å²) in [7, 11) is 1.58. The standard InChI is InChI=1S/C10H10N2O3/c1-6(13)8-10(14)12(2)9-7(15-8)4-3-5-11-9/h3-5,8H,1-2H3. The molecule has 0 aliphatic carbocycles. The van der Waals surface area contributed by atoms with Crippen LogP contribution in [0.25, 0.3) is 0 Å². The summed E-state index contributed by atoms with van der Waals surface area (Å²) in [6, 6.07) is 3.38. The Labute approximate surface area is 86.7 Å². The second-order valence-corrected chi connectivity index (χ2v) is 3.33. The van der Waals surface area contributed by atoms with Crippen molar-refractivity contribution in [2.75, 3.05) is 11.9 Å². The molecule has 1 unspecified atom stereocenters. The summed E-state index contributed by atoms with van der Waals surface area (Å²) in [5, 5.41) is 0. The first-order chi connectivity index (χ1) is 7.11. The van der Waals surface area contributed by atoms with Gasteiger partial charge in [0.2, 0.25) is 6.10 Å². The molecular weight excluding hydrogens is 196 g/mol. The Morgan fingerprint density at radius 3 is 3.00 bits per heavy atom. The maximum atomic E-state index is 11.7. The predicted molar refractivity (Wildman–Crippen MR) is 52.7 cm³/mol. The number of pyridine rings is 1. The summed E-state index contributed by atoms with van der Waals surface area (Å²) in [5.74, 6) is 0.217. The van der Waals surface area contributed by atoms with Crippen molar-refractivity contribution in [2.45, 2.75) is 13.0 Å². The number of carbonyl (C=O) groups excluding carboxylic acids is 2. The van der Waals surface area contributed by atoms with Crippen LogP contribution in [0.4, 0.5) is 5.82 Å². The average molecular weight is 206 g/mol. The van der Waals surface area contributed by atoms with Gasteiger partial charge < -0.3 is 4.74 Å². The predicted octanol–water partition coefficient (Wildman–Crippen LogP) is 0.394. The van der Waals surface area contributed by atoms with E-state index in [1.807, 2.05) is 0 Å². The van der Waals surface area contributed by atoms with Gasteiger partial charge in [-0.25, -0.2) is 4.98 Å². The molecule has 0 radical (unpaired) electrons. The van der Waals surface area contributed by atoms with Crippen molar-refractivity contribution in [3.63, 3.8) is 0 Å². The molecule has 0 spiro atoms. The lowest BCUT2D eigenvalue weighted by Crippen LogP contribution is -2.47. The number of aromatic nitrogens is 1. The fourth-order valence-corrected chi connectivity index (χ4v) is 1.44. The van der Waals surface area contributed by atoms with E-state index in [4.69, 9.17) is 4.74 Å². The molecule has 15 heavy (non-hydrogen) atoms. The Balaban J connectivity index is 2.45. The highest BCUT2D eigenvalue weighted by molar-refractivity contribution is 6.11. The van der Waals surface area contributed by atoms with E-state index in [2.05, 4.69) is 4.98 Å². The number of Topliss-reactive ketones (excluding diaryl/α,β-unsaturated/α-hetero) is 1. The number of carbonyl (C=O) groups is 2. The summed E-state index contributed by atoms with van der Waals surface area (Å²) in [6.45, 7) is 1.33. The fourth-order valence-electron chi connectivity index (χ4n) is 1.44. The van der Waals surface area contributed by atoms with Gasteiger partial charge in [0.15, 0.2) is 17.4 Å². The molecule has 0 N–H and O–H groups in total. The third-order valence-electron chi connectivity index (χ3n) is 2.24. The second kappa shape index (κ2) is 3.34. The molecule has 5 heteroatoms. The van der Waals surface area contributed by atoms with Crippen LogP contribution in [0.15, 0.2) is 18.3 Å². The summed E-state index contributed by atoms with van der Waals surface area (Å²) >= 11 is 0. The monoisotopic (exact) mass is 206 g/mol. The van der Waals surface area contributed by atoms with Crippen LogP contribution in [-0.2, 0) is 9.59 Å². The van der Waals surface area contributed by atoms with Crippen LogP contribution in [0.2, 0.25) is 0 Å². The average Bonchev–Trinajstić information content (AvgIpc) is 2.23. The van der Waals surface area contributed by atoms with Crippen LogP contribution in [0, 0.1) is 0 Å². The number of hydrogen-bond acceptors (Lipinski definition) is 4. The molecule has 1 aliphatic heterocycles. The summed E-state index contributed by atoms with van der Waals surface area (Å²) in [6.07, 6.45) is 0.534. The van der Waals surface area contributed by atoms with Gasteiger partial charge in [0.25, 0.3) is 5.91 Å². The highest BCUT2D eigenvalue weighted by Gasteiger charge is 2.35. The van der Waals surface area contributed by atoms with Gasteiger partial charge in [-0.15, -0.1) is 0 Å². The Morgan fingerprint density at radius 1 is 1.60 bits per heavy atom. The van der Waals surface area contributed by atoms with Crippen LogP contribution in [0.1, 0.15) is 6.92 Å². The van der Waals surface area contributed by atoms with Crippen molar-refractivity contribution < 1.29 is 14.3 Å². The van der Waals surface area contributed by atoms with E-state index < -0.39 is 6.10 Å². The van der Waals surface area contributed by atoms with E-state index in [9.17, 15) is 9.59 Å². The maximum Gasteiger partial charge on any atom is 0.276 e. The lowest BCUT2D eigenvalue weighted by atomic mass is 10.2. The van der Waals surface area contributed by atoms with Gasteiger partial charge >= 0.3 is 0 Å². The molecule has 78 valence electrons. The lowest BCUT2D eigenvalue weighted by Gasteiger charge is -2.29. The number of nitrogens with zero attached hydrogens (tertiary/aromatic N) is 2. The molecule has 0 aromatic carbocycles. The molecule has 2 rings (SSSR count). The van der Waals surface area contributed by atoms with Crippen molar-refractivity contribution in [3.8, 4) is 5.75 Å². The van der Waals surface area contributed by atoms with E-state index in [1.54, 1.807) is 25.4 Å². The Bertz CT molecular complexity index is 430. The van der Waals surface area contributed by atoms with Crippen molar-refractivity contribution in [2.24, 2.45) is 0 Å². The van der Waals surface area contributed by atoms with E-state index in [1.165, 1.54) is 11.8 Å². The van der Waals surface area contributed by atoms with E-state index >= 15 is 0 Å². The minimum absolute atomic E-state index is 0.304. The molecule has 0 saturated heterocycles. The molecule has 0 bridgehead atoms. The van der Waals surface area contributed by atoms with Crippen molar-refractivity contribution in [3.05, 3.63) is 18.3 Å². The van der Waals surface area contributed by atoms with Gasteiger partial charge in [-0.3, -0.25) is 14.5 Å². The van der Waals surface area contributed by atoms with Crippen LogP contribution in [0.5, 0.6) is 5.75 Å². The zero-order valence-electron chi connectivity index (χ0n) is 8.43. The molecule has 0 fully saturated rings. The minimum Gasteiger partial charge on any atom is -0.469 e. The summed E-state index contributed by atoms with van der Waals surface area (Å²) in [5.41, 5.74) is 0. The first-order valence-corrected chi connectivity index (χ1v) is 4.51. The zero-order valence-corrected chi connectivity index (χ0v) is 8.43. The summed E-state index contributed by atoms with van der Waals surface area (Å²) in [4.78, 5) is 28.2. The zero-order chi connectivity index (χ0) is 11.0. The lowest BCUT2D eigenvalue weighted by molar-refractivity contribution is -0.136. The molecule has 0 saturated carbocycles. The van der Waals surface area contributed by atoms with Gasteiger partial charge in [0.1, 0.15) is 0 Å². The topological polar surface area (TPSA) is 59.5 Å². The Morgan fingerprint density at radius 2 is 2.33 bits per heavy atom. The van der Waals surface area contributed by atoms with Crippen LogP contribution < -0.4 is 9.64 Å². The quantitative estimate of drug-likeness (QED) is 0.624. The number of rotatable bonds is 1. The SMILES string of the molecule is CC(=O)C1Oc2cccnc2N(C)C1=O. The molecule has 2 heterocycles. The highest BCUT2D eigenvalue weighted by Crippen LogP contribution is 2.30. The number of likely N-dealkylation sites (N-methyl/N-ethyl adjacent to an activating group) is 1. The van der Waals surface area contributed by atoms with Crippen molar-refractivity contribution in [1.29, 1.82) is 0 Å². The first-order valence-electron chi connectivity index (χ1n) is 4.51. The highest BCUT2D eigenvalue weighted by atomic mass is 16.5. The number of ketones is 1. The number of amides is 1. The molecular formula is C10H10N2O3. The van der Waals surface area contributed by atoms with Crippen LogP contribution in [0.3, 0.4) is 0 Å². The third-order valence-corrected chi connectivity index (χ3v) is 2.24. The van der Waals surface area contributed by atoms with Crippen molar-refractivity contribution in [1.82, 2.24) is 4.98 Å². The van der Waals surface area contributed by atoms with E-state index in [0.717, 1.165) is 0 Å². The number of ether oxygens (including phenoxy) is 1. The third kappa shape index (κ3) is 1.45. The van der Waals surface area contributed by atoms with E-state index in [-0.39, 0.29) is 11.7 Å². The van der Waals surface area contributed by atoms with Gasteiger partial charge in [-0.2, -0.15) is 0 Å². The van der Waals surface area contributed by atoms with Crippen molar-refractivity contribution >= 4 is 17.5 Å². The molecule has 5 nitrogen and oxygen atoms in total. The van der Waals surface area contributed by atoms with Gasteiger partial charge in [-0.05, 0) is 19.1 Å². The van der Waals surface area contributed by atoms with E-state index in [0.29, 0.717) is 11.6 Å².